The third-order valence-corrected chi connectivity index (χ3v) is 4.38. The van der Waals surface area contributed by atoms with Gasteiger partial charge in [-0.25, -0.2) is 4.98 Å². The first-order chi connectivity index (χ1) is 11.9. The van der Waals surface area contributed by atoms with Crippen molar-refractivity contribution in [1.82, 2.24) is 4.98 Å². The summed E-state index contributed by atoms with van der Waals surface area (Å²) in [7, 11) is 0. The predicted octanol–water partition coefficient (Wildman–Crippen LogP) is 2.72. The number of amides is 2. The minimum atomic E-state index is -0.736. The van der Waals surface area contributed by atoms with Crippen molar-refractivity contribution in [2.24, 2.45) is 0 Å². The zero-order valence-electron chi connectivity index (χ0n) is 13.1. The Morgan fingerprint density at radius 1 is 1.36 bits per heavy atom. The van der Waals surface area contributed by atoms with E-state index in [1.54, 1.807) is 37.3 Å². The molecule has 2 heterocycles. The lowest BCUT2D eigenvalue weighted by Crippen LogP contribution is -2.48. The number of nitrogens with zero attached hydrogens (tertiary/aromatic N) is 2. The lowest BCUT2D eigenvalue weighted by Gasteiger charge is -2.31. The van der Waals surface area contributed by atoms with E-state index < -0.39 is 17.9 Å². The fourth-order valence-corrected chi connectivity index (χ4v) is 2.73. The fraction of sp³-hybridized carbons (Fsp3) is 0.188. The van der Waals surface area contributed by atoms with Crippen LogP contribution in [0, 0.1) is 0 Å². The second-order valence-corrected chi connectivity index (χ2v) is 6.18. The van der Waals surface area contributed by atoms with Gasteiger partial charge in [-0.15, -0.1) is 0 Å². The Bertz CT molecular complexity index is 859. The van der Waals surface area contributed by atoms with Crippen LogP contribution < -0.4 is 20.7 Å². The molecule has 1 aliphatic heterocycles. The highest BCUT2D eigenvalue weighted by Gasteiger charge is 2.34. The molecule has 2 aromatic rings. The van der Waals surface area contributed by atoms with Crippen molar-refractivity contribution < 1.29 is 14.3 Å². The Balaban J connectivity index is 1.84. The highest BCUT2D eigenvalue weighted by Crippen LogP contribution is 2.33. The normalized spacial score (nSPS) is 16.2. The van der Waals surface area contributed by atoms with Gasteiger partial charge >= 0.3 is 0 Å². The van der Waals surface area contributed by atoms with E-state index in [0.717, 1.165) is 0 Å². The first-order valence-electron chi connectivity index (χ1n) is 7.35. The molecule has 3 rings (SSSR count). The summed E-state index contributed by atoms with van der Waals surface area (Å²) in [6.45, 7) is 1.33. The molecule has 0 saturated heterocycles. The Labute approximate surface area is 153 Å². The molecule has 1 aliphatic rings. The van der Waals surface area contributed by atoms with Crippen molar-refractivity contribution in [2.45, 2.75) is 13.0 Å². The van der Waals surface area contributed by atoms with Gasteiger partial charge in [-0.2, -0.15) is 0 Å². The predicted molar refractivity (Wildman–Crippen MR) is 96.2 cm³/mol. The number of carbonyl (C=O) groups excluding carboxylic acids is 2. The minimum absolute atomic E-state index is 0.204. The number of ether oxygens (including phenoxy) is 1. The van der Waals surface area contributed by atoms with Crippen LogP contribution >= 0.6 is 23.2 Å². The molecule has 130 valence electrons. The van der Waals surface area contributed by atoms with Crippen LogP contribution in [0.5, 0.6) is 5.75 Å². The molecule has 1 atom stereocenters. The van der Waals surface area contributed by atoms with Crippen LogP contribution in [0.25, 0.3) is 0 Å². The summed E-state index contributed by atoms with van der Waals surface area (Å²) in [5.74, 6) is -0.0435. The van der Waals surface area contributed by atoms with Crippen molar-refractivity contribution in [1.29, 1.82) is 0 Å². The quantitative estimate of drug-likeness (QED) is 0.852. The van der Waals surface area contributed by atoms with Crippen LogP contribution in [0.15, 0.2) is 30.3 Å². The van der Waals surface area contributed by atoms with Gasteiger partial charge in [0.05, 0.1) is 15.7 Å². The van der Waals surface area contributed by atoms with Gasteiger partial charge in [-0.05, 0) is 31.2 Å². The second kappa shape index (κ2) is 6.78. The number of benzene rings is 1. The molecule has 0 fully saturated rings. The molecule has 25 heavy (non-hydrogen) atoms. The number of nitrogens with two attached hydrogens (primary N) is 1. The molecule has 3 N–H and O–H groups in total. The van der Waals surface area contributed by atoms with E-state index in [9.17, 15) is 9.59 Å². The molecule has 1 aromatic heterocycles. The number of pyridine rings is 1. The van der Waals surface area contributed by atoms with Crippen molar-refractivity contribution in [3.63, 3.8) is 0 Å². The average Bonchev–Trinajstić information content (AvgIpc) is 2.57. The summed E-state index contributed by atoms with van der Waals surface area (Å²) in [4.78, 5) is 30.1. The first kappa shape index (κ1) is 17.3. The SMILES string of the molecule is CC1Oc2ccc(N)nc2N(CC(=O)Nc2cccc(Cl)c2Cl)C1=O. The summed E-state index contributed by atoms with van der Waals surface area (Å²) in [5, 5.41) is 3.17. The van der Waals surface area contributed by atoms with Crippen molar-refractivity contribution in [2.75, 3.05) is 22.5 Å². The van der Waals surface area contributed by atoms with Gasteiger partial charge in [-0.3, -0.25) is 14.5 Å². The van der Waals surface area contributed by atoms with Crippen LogP contribution in [0.2, 0.25) is 10.0 Å². The smallest absolute Gasteiger partial charge is 0.269 e. The summed E-state index contributed by atoms with van der Waals surface area (Å²) in [5.41, 5.74) is 6.03. The third kappa shape index (κ3) is 3.47. The Hall–Kier alpha value is -2.51. The van der Waals surface area contributed by atoms with Gasteiger partial charge in [0.25, 0.3) is 5.91 Å². The van der Waals surface area contributed by atoms with E-state index in [0.29, 0.717) is 16.5 Å². The highest BCUT2D eigenvalue weighted by atomic mass is 35.5. The minimum Gasteiger partial charge on any atom is -0.477 e. The molecule has 1 unspecified atom stereocenters. The Morgan fingerprint density at radius 2 is 2.12 bits per heavy atom. The molecule has 9 heteroatoms. The number of rotatable bonds is 3. The van der Waals surface area contributed by atoms with Gasteiger partial charge in [0.2, 0.25) is 5.91 Å². The number of anilines is 3. The number of fused-ring (bicyclic) bond motifs is 1. The number of hydrogen-bond donors (Lipinski definition) is 2. The van der Waals surface area contributed by atoms with Gasteiger partial charge in [0.15, 0.2) is 17.7 Å². The maximum atomic E-state index is 12.4. The van der Waals surface area contributed by atoms with Crippen molar-refractivity contribution in [3.8, 4) is 5.75 Å². The zero-order valence-corrected chi connectivity index (χ0v) is 14.6. The lowest BCUT2D eigenvalue weighted by molar-refractivity contribution is -0.127. The van der Waals surface area contributed by atoms with E-state index in [1.165, 1.54) is 4.90 Å². The van der Waals surface area contributed by atoms with Gasteiger partial charge in [-0.1, -0.05) is 29.3 Å². The Kier molecular flexibility index (Phi) is 4.69. The molecular weight excluding hydrogens is 367 g/mol. The monoisotopic (exact) mass is 380 g/mol. The van der Waals surface area contributed by atoms with Gasteiger partial charge < -0.3 is 15.8 Å². The summed E-state index contributed by atoms with van der Waals surface area (Å²) in [6.07, 6.45) is -0.736. The largest absolute Gasteiger partial charge is 0.477 e. The molecule has 1 aromatic carbocycles. The molecule has 0 saturated carbocycles. The molecule has 0 radical (unpaired) electrons. The maximum Gasteiger partial charge on any atom is 0.269 e. The Morgan fingerprint density at radius 3 is 2.88 bits per heavy atom. The fourth-order valence-electron chi connectivity index (χ4n) is 2.39. The average molecular weight is 381 g/mol. The number of halogens is 2. The number of carbonyl (C=O) groups is 2. The van der Waals surface area contributed by atoms with Crippen LogP contribution in [-0.2, 0) is 9.59 Å². The van der Waals surface area contributed by atoms with E-state index in [1.807, 2.05) is 0 Å². The standard InChI is InChI=1S/C16H14Cl2N4O3/c1-8-16(24)22(15-11(25-8)5-6-12(19)21-15)7-13(23)20-10-4-2-3-9(17)14(10)18/h2-6,8H,7H2,1H3,(H2,19,21)(H,20,23). The van der Waals surface area contributed by atoms with Crippen molar-refractivity contribution >= 4 is 52.3 Å². The summed E-state index contributed by atoms with van der Waals surface area (Å²) in [6, 6.07) is 8.05. The van der Waals surface area contributed by atoms with Crippen LogP contribution in [-0.4, -0.2) is 29.4 Å². The van der Waals surface area contributed by atoms with Crippen molar-refractivity contribution in [3.05, 3.63) is 40.4 Å². The lowest BCUT2D eigenvalue weighted by atomic mass is 10.2. The van der Waals surface area contributed by atoms with Crippen LogP contribution in [0.4, 0.5) is 17.3 Å². The number of nitrogen functional groups attached to an aromatic ring is 1. The molecular formula is C16H14Cl2N4O3. The van der Waals surface area contributed by atoms with Gasteiger partial charge in [0, 0.05) is 0 Å². The van der Waals surface area contributed by atoms with E-state index in [-0.39, 0.29) is 23.2 Å². The van der Waals surface area contributed by atoms with E-state index in [4.69, 9.17) is 33.7 Å². The molecule has 0 bridgehead atoms. The number of aromatic nitrogens is 1. The highest BCUT2D eigenvalue weighted by molar-refractivity contribution is 6.44. The topological polar surface area (TPSA) is 97.6 Å². The zero-order chi connectivity index (χ0) is 18.1. The van der Waals surface area contributed by atoms with Crippen LogP contribution in [0.1, 0.15) is 6.92 Å². The molecule has 7 nitrogen and oxygen atoms in total. The number of hydrogen-bond acceptors (Lipinski definition) is 5. The van der Waals surface area contributed by atoms with Gasteiger partial charge in [0.1, 0.15) is 12.4 Å². The third-order valence-electron chi connectivity index (χ3n) is 3.56. The number of nitrogens with one attached hydrogen (secondary N) is 1. The van der Waals surface area contributed by atoms with E-state index in [2.05, 4.69) is 10.3 Å². The van der Waals surface area contributed by atoms with Crippen LogP contribution in [0.3, 0.4) is 0 Å². The summed E-state index contributed by atoms with van der Waals surface area (Å²) < 4.78 is 5.48. The molecule has 2 amide bonds. The maximum absolute atomic E-state index is 12.4. The molecule has 0 spiro atoms. The van der Waals surface area contributed by atoms with E-state index >= 15 is 0 Å². The molecule has 0 aliphatic carbocycles. The summed E-state index contributed by atoms with van der Waals surface area (Å²) >= 11 is 12.0. The second-order valence-electron chi connectivity index (χ2n) is 5.39. The first-order valence-corrected chi connectivity index (χ1v) is 8.11.